The van der Waals surface area contributed by atoms with Crippen LogP contribution in [0.1, 0.15) is 23.2 Å². The fraction of sp³-hybridized carbons (Fsp3) is 0.263. The molecule has 1 unspecified atom stereocenters. The van der Waals surface area contributed by atoms with Gasteiger partial charge in [-0.15, -0.1) is 0 Å². The first kappa shape index (κ1) is 15.6. The minimum atomic E-state index is -0.524. The van der Waals surface area contributed by atoms with Crippen molar-refractivity contribution in [3.63, 3.8) is 0 Å². The maximum absolute atomic E-state index is 14.0. The van der Waals surface area contributed by atoms with Crippen LogP contribution in [0.2, 0.25) is 0 Å². The van der Waals surface area contributed by atoms with E-state index in [4.69, 9.17) is 4.42 Å². The fourth-order valence-corrected chi connectivity index (χ4v) is 3.48. The number of likely N-dealkylation sites (tertiary alicyclic amines) is 1. The van der Waals surface area contributed by atoms with Gasteiger partial charge in [0, 0.05) is 13.1 Å². The predicted octanol–water partition coefficient (Wildman–Crippen LogP) is 3.04. The van der Waals surface area contributed by atoms with Gasteiger partial charge in [0.25, 0.3) is 5.91 Å². The molecule has 25 heavy (non-hydrogen) atoms. The Labute approximate surface area is 143 Å². The second-order valence-electron chi connectivity index (χ2n) is 6.22. The molecular formula is C19H17FN2O3. The number of halogens is 1. The van der Waals surface area contributed by atoms with Gasteiger partial charge in [-0.1, -0.05) is 24.3 Å². The van der Waals surface area contributed by atoms with Gasteiger partial charge in [-0.3, -0.25) is 9.36 Å². The molecule has 1 aliphatic heterocycles. The zero-order chi connectivity index (χ0) is 17.4. The molecule has 0 aliphatic carbocycles. The molecule has 0 radical (unpaired) electrons. The van der Waals surface area contributed by atoms with Crippen LogP contribution in [-0.2, 0) is 6.54 Å². The van der Waals surface area contributed by atoms with E-state index in [1.807, 2.05) is 12.1 Å². The zero-order valence-electron chi connectivity index (χ0n) is 13.5. The average Bonchev–Trinajstić information content (AvgIpc) is 3.20. The molecule has 0 bridgehead atoms. The number of oxazole rings is 1. The Bertz CT molecular complexity index is 991. The third-order valence-electron chi connectivity index (χ3n) is 4.71. The van der Waals surface area contributed by atoms with Gasteiger partial charge in [-0.2, -0.15) is 0 Å². The molecule has 1 amide bonds. The number of nitrogens with zero attached hydrogens (tertiary/aromatic N) is 2. The number of benzene rings is 2. The Hall–Kier alpha value is -2.89. The molecular weight excluding hydrogens is 323 g/mol. The molecule has 1 fully saturated rings. The smallest absolute Gasteiger partial charge is 0.408 e. The van der Waals surface area contributed by atoms with E-state index < -0.39 is 11.6 Å². The van der Waals surface area contributed by atoms with Crippen LogP contribution in [0, 0.1) is 5.82 Å². The largest absolute Gasteiger partial charge is 0.420 e. The average molecular weight is 340 g/mol. The molecule has 2 aromatic carbocycles. The summed E-state index contributed by atoms with van der Waals surface area (Å²) < 4.78 is 20.8. The van der Waals surface area contributed by atoms with Crippen LogP contribution >= 0.6 is 0 Å². The number of amides is 1. The Morgan fingerprint density at radius 1 is 1.16 bits per heavy atom. The number of rotatable bonds is 3. The minimum absolute atomic E-state index is 0.0683. The summed E-state index contributed by atoms with van der Waals surface area (Å²) in [5.41, 5.74) is 1.30. The maximum Gasteiger partial charge on any atom is 0.420 e. The lowest BCUT2D eigenvalue weighted by atomic mass is 10.1. The molecule has 0 N–H and O–H groups in total. The molecule has 4 rings (SSSR count). The Morgan fingerprint density at radius 3 is 2.76 bits per heavy atom. The zero-order valence-corrected chi connectivity index (χ0v) is 13.5. The summed E-state index contributed by atoms with van der Waals surface area (Å²) in [6, 6.07) is 13.0. The Balaban J connectivity index is 1.64. The van der Waals surface area contributed by atoms with Crippen LogP contribution in [0.3, 0.4) is 0 Å². The third-order valence-corrected chi connectivity index (χ3v) is 4.71. The van der Waals surface area contributed by atoms with E-state index in [9.17, 15) is 14.0 Å². The molecule has 3 aromatic rings. The van der Waals surface area contributed by atoms with Crippen molar-refractivity contribution in [3.8, 4) is 0 Å². The number of hydrogen-bond donors (Lipinski definition) is 0. The van der Waals surface area contributed by atoms with E-state index in [1.54, 1.807) is 33.7 Å². The van der Waals surface area contributed by atoms with Crippen LogP contribution in [-0.4, -0.2) is 28.0 Å². The number of aromatic nitrogens is 1. The summed E-state index contributed by atoms with van der Waals surface area (Å²) in [4.78, 5) is 26.5. The van der Waals surface area contributed by atoms with Crippen LogP contribution in [0.15, 0.2) is 57.7 Å². The minimum Gasteiger partial charge on any atom is -0.408 e. The van der Waals surface area contributed by atoms with Gasteiger partial charge < -0.3 is 9.32 Å². The van der Waals surface area contributed by atoms with E-state index >= 15 is 0 Å². The monoisotopic (exact) mass is 340 g/mol. The van der Waals surface area contributed by atoms with Crippen LogP contribution in [0.25, 0.3) is 11.1 Å². The first-order chi connectivity index (χ1) is 12.1. The molecule has 0 spiro atoms. The van der Waals surface area contributed by atoms with E-state index in [1.165, 1.54) is 12.1 Å². The van der Waals surface area contributed by atoms with E-state index in [0.29, 0.717) is 24.2 Å². The van der Waals surface area contributed by atoms with Crippen molar-refractivity contribution >= 4 is 17.0 Å². The molecule has 1 atom stereocenters. The van der Waals surface area contributed by atoms with Gasteiger partial charge in [-0.05, 0) is 37.1 Å². The summed E-state index contributed by atoms with van der Waals surface area (Å²) in [6.45, 7) is 0.901. The molecule has 128 valence electrons. The van der Waals surface area contributed by atoms with Gasteiger partial charge in [0.2, 0.25) is 0 Å². The summed E-state index contributed by atoms with van der Waals surface area (Å²) in [6.07, 6.45) is 1.60. The lowest BCUT2D eigenvalue weighted by Gasteiger charge is -2.25. The normalized spacial score (nSPS) is 17.3. The highest BCUT2D eigenvalue weighted by atomic mass is 19.1. The van der Waals surface area contributed by atoms with Crippen molar-refractivity contribution in [2.24, 2.45) is 0 Å². The summed E-state index contributed by atoms with van der Waals surface area (Å²) in [7, 11) is 0. The standard InChI is InChI=1S/C19H17FN2O3/c20-15-8-2-1-7-14(15)18(23)21-11-5-6-13(21)12-22-16-9-3-4-10-17(16)25-19(22)24/h1-4,7-10,13H,5-6,11-12H2. The highest BCUT2D eigenvalue weighted by molar-refractivity contribution is 5.94. The number of para-hydroxylation sites is 2. The molecule has 2 heterocycles. The second-order valence-corrected chi connectivity index (χ2v) is 6.22. The highest BCUT2D eigenvalue weighted by Gasteiger charge is 2.31. The van der Waals surface area contributed by atoms with Crippen molar-refractivity contribution in [3.05, 3.63) is 70.5 Å². The Kier molecular flexibility index (Phi) is 3.87. The second kappa shape index (κ2) is 6.20. The lowest BCUT2D eigenvalue weighted by Crippen LogP contribution is -2.39. The summed E-state index contributed by atoms with van der Waals surface area (Å²) in [5.74, 6) is -1.29. The summed E-state index contributed by atoms with van der Waals surface area (Å²) in [5, 5.41) is 0. The van der Waals surface area contributed by atoms with Crippen molar-refractivity contribution in [1.82, 2.24) is 9.47 Å². The molecule has 1 aromatic heterocycles. The predicted molar refractivity (Wildman–Crippen MR) is 90.9 cm³/mol. The molecule has 5 nitrogen and oxygen atoms in total. The maximum atomic E-state index is 14.0. The van der Waals surface area contributed by atoms with E-state index in [-0.39, 0.29) is 17.5 Å². The molecule has 1 aliphatic rings. The van der Waals surface area contributed by atoms with Gasteiger partial charge in [-0.25, -0.2) is 9.18 Å². The van der Waals surface area contributed by atoms with Gasteiger partial charge >= 0.3 is 5.76 Å². The SMILES string of the molecule is O=C(c1ccccc1F)N1CCCC1Cn1c(=O)oc2ccccc21. The van der Waals surface area contributed by atoms with Gasteiger partial charge in [0.1, 0.15) is 5.82 Å². The molecule has 1 saturated heterocycles. The number of carbonyl (C=O) groups is 1. The first-order valence-corrected chi connectivity index (χ1v) is 8.29. The molecule has 0 saturated carbocycles. The van der Waals surface area contributed by atoms with Gasteiger partial charge in [0.05, 0.1) is 17.1 Å². The van der Waals surface area contributed by atoms with Crippen LogP contribution in [0.5, 0.6) is 0 Å². The lowest BCUT2D eigenvalue weighted by molar-refractivity contribution is 0.0718. The highest BCUT2D eigenvalue weighted by Crippen LogP contribution is 2.23. The topological polar surface area (TPSA) is 55.5 Å². The number of fused-ring (bicyclic) bond motifs is 1. The van der Waals surface area contributed by atoms with Crippen molar-refractivity contribution in [2.75, 3.05) is 6.54 Å². The first-order valence-electron chi connectivity index (χ1n) is 8.29. The quantitative estimate of drug-likeness (QED) is 0.736. The van der Waals surface area contributed by atoms with Crippen molar-refractivity contribution in [2.45, 2.75) is 25.4 Å². The van der Waals surface area contributed by atoms with E-state index in [2.05, 4.69) is 0 Å². The number of hydrogen-bond acceptors (Lipinski definition) is 3. The van der Waals surface area contributed by atoms with E-state index in [0.717, 1.165) is 12.8 Å². The molecule has 6 heteroatoms. The number of carbonyl (C=O) groups excluding carboxylic acids is 1. The van der Waals surface area contributed by atoms with Crippen molar-refractivity contribution < 1.29 is 13.6 Å². The Morgan fingerprint density at radius 2 is 1.92 bits per heavy atom. The van der Waals surface area contributed by atoms with Crippen LogP contribution < -0.4 is 5.76 Å². The van der Waals surface area contributed by atoms with Crippen molar-refractivity contribution in [1.29, 1.82) is 0 Å². The van der Waals surface area contributed by atoms with Crippen LogP contribution in [0.4, 0.5) is 4.39 Å². The fourth-order valence-electron chi connectivity index (χ4n) is 3.48. The summed E-state index contributed by atoms with van der Waals surface area (Å²) >= 11 is 0. The van der Waals surface area contributed by atoms with Gasteiger partial charge in [0.15, 0.2) is 5.58 Å². The third kappa shape index (κ3) is 2.73.